The highest BCUT2D eigenvalue weighted by Crippen LogP contribution is 2.27. The summed E-state index contributed by atoms with van der Waals surface area (Å²) in [5.74, 6) is 1.47. The summed E-state index contributed by atoms with van der Waals surface area (Å²) in [6.45, 7) is 7.26. The van der Waals surface area contributed by atoms with Gasteiger partial charge in [-0.15, -0.1) is 0 Å². The monoisotopic (exact) mass is 246 g/mol. The zero-order valence-corrected chi connectivity index (χ0v) is 11.0. The number of fused-ring (bicyclic) bond motifs is 6. The number of nitrogens with zero attached hydrogens (tertiary/aromatic N) is 4. The molecular formula is C14H22N4. The molecule has 18 heavy (non-hydrogen) atoms. The van der Waals surface area contributed by atoms with Gasteiger partial charge in [0.1, 0.15) is 0 Å². The second kappa shape index (κ2) is 4.42. The van der Waals surface area contributed by atoms with E-state index in [-0.39, 0.29) is 0 Å². The van der Waals surface area contributed by atoms with Crippen molar-refractivity contribution in [2.75, 3.05) is 39.3 Å². The van der Waals surface area contributed by atoms with Crippen LogP contribution in [0.25, 0.3) is 0 Å². The molecule has 6 fully saturated rings. The summed E-state index contributed by atoms with van der Waals surface area (Å²) < 4.78 is 0. The van der Waals surface area contributed by atoms with Gasteiger partial charge < -0.3 is 0 Å². The normalized spacial score (nSPS) is 47.1. The van der Waals surface area contributed by atoms with Crippen molar-refractivity contribution in [3.8, 4) is 0 Å². The van der Waals surface area contributed by atoms with Crippen LogP contribution in [-0.4, -0.2) is 60.5 Å². The number of piperidine rings is 6. The van der Waals surface area contributed by atoms with E-state index >= 15 is 0 Å². The van der Waals surface area contributed by atoms with Crippen LogP contribution >= 0.6 is 0 Å². The quantitative estimate of drug-likeness (QED) is 0.652. The summed E-state index contributed by atoms with van der Waals surface area (Å²) in [5.41, 5.74) is 2.72. The summed E-state index contributed by atoms with van der Waals surface area (Å²) >= 11 is 0. The van der Waals surface area contributed by atoms with Gasteiger partial charge in [-0.05, 0) is 51.9 Å². The maximum Gasteiger partial charge on any atom is 0.0577 e. The van der Waals surface area contributed by atoms with Gasteiger partial charge in [-0.1, -0.05) is 0 Å². The predicted octanol–water partition coefficient (Wildman–Crippen LogP) is 1.23. The SMILES string of the molecule is C1CN2CCC1/C(=N/N=C1\CN3CCC1CC3)C2. The van der Waals surface area contributed by atoms with E-state index in [0.29, 0.717) is 0 Å². The molecule has 98 valence electrons. The highest BCUT2D eigenvalue weighted by atomic mass is 15.3. The first-order chi connectivity index (χ1) is 8.88. The average molecular weight is 246 g/mol. The average Bonchev–Trinajstić information content (AvgIpc) is 2.48. The molecule has 6 saturated heterocycles. The van der Waals surface area contributed by atoms with Crippen LogP contribution in [0.2, 0.25) is 0 Å². The molecule has 6 aliphatic heterocycles. The zero-order valence-electron chi connectivity index (χ0n) is 11.0. The molecule has 4 bridgehead atoms. The molecule has 0 N–H and O–H groups in total. The lowest BCUT2D eigenvalue weighted by atomic mass is 9.86. The van der Waals surface area contributed by atoms with E-state index in [4.69, 9.17) is 0 Å². The summed E-state index contributed by atoms with van der Waals surface area (Å²) in [6.07, 6.45) is 5.22. The first-order valence-electron chi connectivity index (χ1n) is 7.46. The Labute approximate surface area is 109 Å². The van der Waals surface area contributed by atoms with E-state index in [1.54, 1.807) is 0 Å². The van der Waals surface area contributed by atoms with Gasteiger partial charge in [0.05, 0.1) is 11.4 Å². The summed E-state index contributed by atoms with van der Waals surface area (Å²) in [5, 5.41) is 9.29. The smallest absolute Gasteiger partial charge is 0.0577 e. The van der Waals surface area contributed by atoms with E-state index in [0.717, 1.165) is 24.9 Å². The van der Waals surface area contributed by atoms with Crippen molar-refractivity contribution >= 4 is 11.4 Å². The van der Waals surface area contributed by atoms with Crippen molar-refractivity contribution in [3.63, 3.8) is 0 Å². The Hall–Kier alpha value is -0.740. The van der Waals surface area contributed by atoms with Crippen LogP contribution in [0, 0.1) is 11.8 Å². The Morgan fingerprint density at radius 3 is 1.33 bits per heavy atom. The van der Waals surface area contributed by atoms with Crippen LogP contribution < -0.4 is 0 Å². The van der Waals surface area contributed by atoms with Crippen LogP contribution in [0.5, 0.6) is 0 Å². The lowest BCUT2D eigenvalue weighted by molar-refractivity contribution is 0.198. The minimum absolute atomic E-state index is 0.737. The third kappa shape index (κ3) is 1.91. The Kier molecular flexibility index (Phi) is 2.73. The Bertz CT molecular complexity index is 347. The molecule has 4 nitrogen and oxygen atoms in total. The number of rotatable bonds is 1. The maximum absolute atomic E-state index is 4.64. The highest BCUT2D eigenvalue weighted by Gasteiger charge is 2.32. The highest BCUT2D eigenvalue weighted by molar-refractivity contribution is 5.93. The standard InChI is InChI=1S/C14H22N4/c1-5-17-6-2-11(1)13(9-17)15-16-14-10-18-7-3-12(14)4-8-18/h11-12H,1-10H2/b15-13+,16-14+. The van der Waals surface area contributed by atoms with Gasteiger partial charge in [-0.25, -0.2) is 0 Å². The molecule has 6 rings (SSSR count). The Balaban J connectivity index is 1.51. The first kappa shape index (κ1) is 11.1. The Morgan fingerprint density at radius 1 is 0.667 bits per heavy atom. The molecule has 0 radical (unpaired) electrons. The lowest BCUT2D eigenvalue weighted by Crippen LogP contribution is -2.48. The molecule has 0 atom stereocenters. The third-order valence-electron chi connectivity index (χ3n) is 5.20. The minimum atomic E-state index is 0.737. The molecule has 0 aromatic rings. The van der Waals surface area contributed by atoms with E-state index in [1.807, 2.05) is 0 Å². The predicted molar refractivity (Wildman–Crippen MR) is 73.2 cm³/mol. The molecule has 0 amide bonds. The van der Waals surface area contributed by atoms with E-state index in [9.17, 15) is 0 Å². The van der Waals surface area contributed by atoms with E-state index in [1.165, 1.54) is 63.3 Å². The molecule has 0 saturated carbocycles. The molecule has 6 heterocycles. The summed E-state index contributed by atoms with van der Waals surface area (Å²) in [7, 11) is 0. The molecule has 0 aliphatic carbocycles. The van der Waals surface area contributed by atoms with Crippen molar-refractivity contribution in [1.82, 2.24) is 9.80 Å². The third-order valence-corrected chi connectivity index (χ3v) is 5.20. The van der Waals surface area contributed by atoms with Crippen molar-refractivity contribution < 1.29 is 0 Å². The van der Waals surface area contributed by atoms with Gasteiger partial charge in [-0.2, -0.15) is 10.2 Å². The first-order valence-corrected chi connectivity index (χ1v) is 7.46. The van der Waals surface area contributed by atoms with Gasteiger partial charge in [0.25, 0.3) is 0 Å². The van der Waals surface area contributed by atoms with E-state index < -0.39 is 0 Å². The van der Waals surface area contributed by atoms with Crippen molar-refractivity contribution in [2.45, 2.75) is 25.7 Å². The second-order valence-corrected chi connectivity index (χ2v) is 6.28. The molecule has 0 spiro atoms. The summed E-state index contributed by atoms with van der Waals surface area (Å²) in [4.78, 5) is 5.05. The fraction of sp³-hybridized carbons (Fsp3) is 0.857. The second-order valence-electron chi connectivity index (χ2n) is 6.28. The van der Waals surface area contributed by atoms with Crippen molar-refractivity contribution in [1.29, 1.82) is 0 Å². The van der Waals surface area contributed by atoms with E-state index in [2.05, 4.69) is 20.0 Å². The molecule has 6 aliphatic rings. The van der Waals surface area contributed by atoms with Crippen LogP contribution in [0.1, 0.15) is 25.7 Å². The van der Waals surface area contributed by atoms with Gasteiger partial charge in [-0.3, -0.25) is 9.80 Å². The number of hydrogen-bond donors (Lipinski definition) is 0. The Morgan fingerprint density at radius 2 is 1.06 bits per heavy atom. The van der Waals surface area contributed by atoms with Crippen LogP contribution in [0.3, 0.4) is 0 Å². The molecule has 0 aromatic carbocycles. The topological polar surface area (TPSA) is 31.2 Å². The van der Waals surface area contributed by atoms with Crippen LogP contribution in [-0.2, 0) is 0 Å². The van der Waals surface area contributed by atoms with Gasteiger partial charge in [0.15, 0.2) is 0 Å². The van der Waals surface area contributed by atoms with Gasteiger partial charge in [0, 0.05) is 24.9 Å². The molecule has 4 heteroatoms. The van der Waals surface area contributed by atoms with Crippen molar-refractivity contribution in [3.05, 3.63) is 0 Å². The van der Waals surface area contributed by atoms with Crippen LogP contribution in [0.15, 0.2) is 10.2 Å². The van der Waals surface area contributed by atoms with Gasteiger partial charge in [0.2, 0.25) is 0 Å². The fourth-order valence-electron chi connectivity index (χ4n) is 3.92. The molecular weight excluding hydrogens is 224 g/mol. The molecule has 0 aromatic heterocycles. The minimum Gasteiger partial charge on any atom is -0.298 e. The van der Waals surface area contributed by atoms with Gasteiger partial charge >= 0.3 is 0 Å². The molecule has 0 unspecified atom stereocenters. The van der Waals surface area contributed by atoms with Crippen molar-refractivity contribution in [2.24, 2.45) is 22.0 Å². The zero-order chi connectivity index (χ0) is 11.9. The maximum atomic E-state index is 4.64. The lowest BCUT2D eigenvalue weighted by Gasteiger charge is -2.40. The largest absolute Gasteiger partial charge is 0.298 e. The number of hydrogen-bond acceptors (Lipinski definition) is 4. The summed E-state index contributed by atoms with van der Waals surface area (Å²) in [6, 6.07) is 0. The van der Waals surface area contributed by atoms with Crippen LogP contribution in [0.4, 0.5) is 0 Å². The fourth-order valence-corrected chi connectivity index (χ4v) is 3.92.